The molecule has 1 heteroatoms. The molecule has 0 fully saturated rings. The van der Waals surface area contributed by atoms with Crippen LogP contribution in [0.1, 0.15) is 36.1 Å². The number of aryl methyl sites for hydroxylation is 1. The Morgan fingerprint density at radius 1 is 1.18 bits per heavy atom. The van der Waals surface area contributed by atoms with Crippen LogP contribution in [0.4, 0.5) is 5.69 Å². The third kappa shape index (κ3) is 2.79. The zero-order valence-corrected chi connectivity index (χ0v) is 11.9. The van der Waals surface area contributed by atoms with Crippen molar-refractivity contribution in [1.82, 2.24) is 0 Å². The molecule has 0 spiro atoms. The fraction of sp³-hybridized carbons (Fsp3) is 0.375. The van der Waals surface area contributed by atoms with E-state index in [9.17, 15) is 0 Å². The molecule has 0 bridgehead atoms. The van der Waals surface area contributed by atoms with Crippen LogP contribution in [0, 0.1) is 20.8 Å². The summed E-state index contributed by atoms with van der Waals surface area (Å²) < 4.78 is 0. The van der Waals surface area contributed by atoms with Crippen LogP contribution >= 0.6 is 0 Å². The van der Waals surface area contributed by atoms with Crippen molar-refractivity contribution in [3.05, 3.63) is 46.0 Å². The second kappa shape index (κ2) is 5.22. The molecular weight excluding hydrogens is 206 g/mol. The molecule has 0 aliphatic rings. The number of hydrogen-bond acceptors (Lipinski definition) is 1. The average molecular weight is 229 g/mol. The molecule has 0 aliphatic heterocycles. The van der Waals surface area contributed by atoms with Gasteiger partial charge in [-0.1, -0.05) is 18.2 Å². The molecule has 0 heterocycles. The van der Waals surface area contributed by atoms with Crippen molar-refractivity contribution in [3.63, 3.8) is 0 Å². The minimum absolute atomic E-state index is 1.12. The van der Waals surface area contributed by atoms with Crippen LogP contribution in [0.15, 0.2) is 23.8 Å². The van der Waals surface area contributed by atoms with E-state index in [0.29, 0.717) is 0 Å². The van der Waals surface area contributed by atoms with Crippen molar-refractivity contribution in [2.45, 2.75) is 34.6 Å². The minimum Gasteiger partial charge on any atom is -0.388 e. The second-order valence-corrected chi connectivity index (χ2v) is 4.77. The van der Waals surface area contributed by atoms with Crippen LogP contribution in [0.5, 0.6) is 0 Å². The Morgan fingerprint density at radius 2 is 1.76 bits per heavy atom. The summed E-state index contributed by atoms with van der Waals surface area (Å²) in [5, 5.41) is 3.27. The largest absolute Gasteiger partial charge is 0.388 e. The first-order chi connectivity index (χ1) is 7.88. The van der Waals surface area contributed by atoms with Crippen LogP contribution in [0.25, 0.3) is 6.08 Å². The van der Waals surface area contributed by atoms with Crippen molar-refractivity contribution < 1.29 is 0 Å². The molecule has 0 amide bonds. The van der Waals surface area contributed by atoms with E-state index < -0.39 is 0 Å². The topological polar surface area (TPSA) is 12.0 Å². The lowest BCUT2D eigenvalue weighted by atomic mass is 9.95. The van der Waals surface area contributed by atoms with E-state index >= 15 is 0 Å². The first-order valence-corrected chi connectivity index (χ1v) is 6.01. The highest BCUT2D eigenvalue weighted by atomic mass is 14.8. The summed E-state index contributed by atoms with van der Waals surface area (Å²) in [7, 11) is 1.98. The molecule has 0 radical (unpaired) electrons. The van der Waals surface area contributed by atoms with E-state index in [1.165, 1.54) is 33.5 Å². The fourth-order valence-electron chi connectivity index (χ4n) is 2.00. The Labute approximate surface area is 105 Å². The third-order valence-corrected chi connectivity index (χ3v) is 3.43. The Hall–Kier alpha value is -1.50. The molecule has 0 saturated carbocycles. The van der Waals surface area contributed by atoms with E-state index in [1.54, 1.807) is 0 Å². The van der Waals surface area contributed by atoms with Gasteiger partial charge < -0.3 is 5.32 Å². The van der Waals surface area contributed by atoms with Crippen LogP contribution in [0.2, 0.25) is 0 Å². The van der Waals surface area contributed by atoms with Gasteiger partial charge in [-0.3, -0.25) is 0 Å². The van der Waals surface area contributed by atoms with Gasteiger partial charge in [0.2, 0.25) is 0 Å². The number of hydrogen-bond donors (Lipinski definition) is 1. The summed E-state index contributed by atoms with van der Waals surface area (Å²) >= 11 is 0. The summed E-state index contributed by atoms with van der Waals surface area (Å²) in [6.07, 6.45) is 2.22. The summed E-state index contributed by atoms with van der Waals surface area (Å²) in [5.41, 5.74) is 8.85. The maximum Gasteiger partial charge on any atom is 0.0400 e. The lowest BCUT2D eigenvalue weighted by molar-refractivity contribution is 1.26. The Morgan fingerprint density at radius 3 is 2.24 bits per heavy atom. The van der Waals surface area contributed by atoms with Crippen LogP contribution in [-0.2, 0) is 0 Å². The highest BCUT2D eigenvalue weighted by molar-refractivity contribution is 5.69. The zero-order chi connectivity index (χ0) is 13.2. The van der Waals surface area contributed by atoms with Gasteiger partial charge in [-0.05, 0) is 68.5 Å². The van der Waals surface area contributed by atoms with Gasteiger partial charge >= 0.3 is 0 Å². The van der Waals surface area contributed by atoms with E-state index in [-0.39, 0.29) is 0 Å². The van der Waals surface area contributed by atoms with Gasteiger partial charge in [0.1, 0.15) is 0 Å². The second-order valence-electron chi connectivity index (χ2n) is 4.77. The lowest BCUT2D eigenvalue weighted by Crippen LogP contribution is -1.99. The quantitative estimate of drug-likeness (QED) is 0.745. The van der Waals surface area contributed by atoms with Crippen LogP contribution in [0.3, 0.4) is 0 Å². The maximum atomic E-state index is 3.98. The Kier molecular flexibility index (Phi) is 4.17. The summed E-state index contributed by atoms with van der Waals surface area (Å²) in [6.45, 7) is 14.6. The van der Waals surface area contributed by atoms with Gasteiger partial charge in [-0.25, -0.2) is 0 Å². The normalized spacial score (nSPS) is 11.5. The SMILES string of the molecule is C=C(C)/C(C)=C/c1cc(C)c(NC)c(C)c1C. The van der Waals surface area contributed by atoms with Crippen LogP contribution in [-0.4, -0.2) is 7.05 Å². The molecule has 0 aromatic heterocycles. The molecule has 92 valence electrons. The molecule has 1 N–H and O–H groups in total. The predicted molar refractivity (Wildman–Crippen MR) is 78.7 cm³/mol. The number of allylic oxidation sites excluding steroid dienone is 2. The minimum atomic E-state index is 1.12. The van der Waals surface area contributed by atoms with Crippen LogP contribution < -0.4 is 5.32 Å². The highest BCUT2D eigenvalue weighted by Crippen LogP contribution is 2.28. The molecule has 0 atom stereocenters. The lowest BCUT2D eigenvalue weighted by Gasteiger charge is -2.15. The first-order valence-electron chi connectivity index (χ1n) is 6.01. The monoisotopic (exact) mass is 229 g/mol. The summed E-state index contributed by atoms with van der Waals surface area (Å²) in [4.78, 5) is 0. The van der Waals surface area contributed by atoms with Crippen molar-refractivity contribution in [3.8, 4) is 0 Å². The van der Waals surface area contributed by atoms with Gasteiger partial charge in [-0.15, -0.1) is 0 Å². The molecule has 1 nitrogen and oxygen atoms in total. The molecule has 1 rings (SSSR count). The molecule has 1 aromatic rings. The van der Waals surface area contributed by atoms with E-state index in [1.807, 2.05) is 14.0 Å². The number of anilines is 1. The molecule has 0 saturated heterocycles. The van der Waals surface area contributed by atoms with E-state index in [4.69, 9.17) is 0 Å². The molecule has 1 aromatic carbocycles. The Bertz CT molecular complexity index is 479. The van der Waals surface area contributed by atoms with Gasteiger partial charge in [-0.2, -0.15) is 0 Å². The van der Waals surface area contributed by atoms with Gasteiger partial charge in [0, 0.05) is 12.7 Å². The van der Waals surface area contributed by atoms with E-state index in [2.05, 4.69) is 51.7 Å². The standard InChI is InChI=1S/C16H23N/c1-10(2)11(3)8-15-9-12(4)16(17-7)14(6)13(15)5/h8-9,17H,1H2,2-7H3/b11-8+. The summed E-state index contributed by atoms with van der Waals surface area (Å²) in [6, 6.07) is 2.24. The Balaban J connectivity index is 3.38. The van der Waals surface area contributed by atoms with Crippen molar-refractivity contribution in [2.24, 2.45) is 0 Å². The van der Waals surface area contributed by atoms with Crippen molar-refractivity contribution >= 4 is 11.8 Å². The molecule has 0 aliphatic carbocycles. The highest BCUT2D eigenvalue weighted by Gasteiger charge is 2.07. The fourth-order valence-corrected chi connectivity index (χ4v) is 2.00. The van der Waals surface area contributed by atoms with Crippen molar-refractivity contribution in [2.75, 3.05) is 12.4 Å². The smallest absolute Gasteiger partial charge is 0.0400 e. The first kappa shape index (κ1) is 13.6. The van der Waals surface area contributed by atoms with Crippen molar-refractivity contribution in [1.29, 1.82) is 0 Å². The predicted octanol–water partition coefficient (Wildman–Crippen LogP) is 4.63. The van der Waals surface area contributed by atoms with Gasteiger partial charge in [0.25, 0.3) is 0 Å². The van der Waals surface area contributed by atoms with Gasteiger partial charge in [0.05, 0.1) is 0 Å². The third-order valence-electron chi connectivity index (χ3n) is 3.43. The molecular formula is C16H23N. The number of rotatable bonds is 3. The van der Waals surface area contributed by atoms with Gasteiger partial charge in [0.15, 0.2) is 0 Å². The molecule has 17 heavy (non-hydrogen) atoms. The zero-order valence-electron chi connectivity index (χ0n) is 11.9. The number of nitrogens with one attached hydrogen (secondary N) is 1. The summed E-state index contributed by atoms with van der Waals surface area (Å²) in [5.74, 6) is 0. The van der Waals surface area contributed by atoms with E-state index in [0.717, 1.165) is 5.57 Å². The molecule has 0 unspecified atom stereocenters. The average Bonchev–Trinajstić information content (AvgIpc) is 2.26. The number of benzene rings is 1. The maximum absolute atomic E-state index is 3.98.